The highest BCUT2D eigenvalue weighted by atomic mass is 19.4. The Kier molecular flexibility index (Phi) is 4.99. The summed E-state index contributed by atoms with van der Waals surface area (Å²) in [6, 6.07) is 8.91. The summed E-state index contributed by atoms with van der Waals surface area (Å²) >= 11 is 0. The van der Waals surface area contributed by atoms with Gasteiger partial charge in [-0.3, -0.25) is 14.5 Å². The van der Waals surface area contributed by atoms with Crippen LogP contribution in [-0.2, 0) is 34.1 Å². The lowest BCUT2D eigenvalue weighted by Crippen LogP contribution is -2.42. The summed E-state index contributed by atoms with van der Waals surface area (Å²) in [5.74, 6) is -1.25. The van der Waals surface area contributed by atoms with Gasteiger partial charge in [-0.2, -0.15) is 13.2 Å². The van der Waals surface area contributed by atoms with E-state index in [4.69, 9.17) is 0 Å². The monoisotopic (exact) mass is 431 g/mol. The Morgan fingerprint density at radius 3 is 2.45 bits per heavy atom. The van der Waals surface area contributed by atoms with Crippen LogP contribution < -0.4 is 10.6 Å². The first-order valence-electron chi connectivity index (χ1n) is 9.81. The summed E-state index contributed by atoms with van der Waals surface area (Å²) < 4.78 is 37.9. The lowest BCUT2D eigenvalue weighted by Gasteiger charge is -2.23. The average molecular weight is 431 g/mol. The minimum Gasteiger partial charge on any atom is -0.325 e. The number of urea groups is 1. The zero-order valence-electron chi connectivity index (χ0n) is 16.7. The van der Waals surface area contributed by atoms with Crippen molar-refractivity contribution in [3.05, 3.63) is 64.7 Å². The summed E-state index contributed by atoms with van der Waals surface area (Å²) in [5, 5.41) is 5.07. The molecule has 9 heteroatoms. The summed E-state index contributed by atoms with van der Waals surface area (Å²) in [6.07, 6.45) is -1.53. The smallest absolute Gasteiger partial charge is 0.325 e. The van der Waals surface area contributed by atoms with Crippen molar-refractivity contribution in [1.29, 1.82) is 0 Å². The van der Waals surface area contributed by atoms with Gasteiger partial charge in [0.1, 0.15) is 12.1 Å². The van der Waals surface area contributed by atoms with Crippen LogP contribution in [0.25, 0.3) is 0 Å². The Morgan fingerprint density at radius 2 is 1.77 bits per heavy atom. The second-order valence-corrected chi connectivity index (χ2v) is 7.91. The van der Waals surface area contributed by atoms with Crippen LogP contribution in [0.4, 0.5) is 23.7 Å². The molecule has 1 fully saturated rings. The van der Waals surface area contributed by atoms with Gasteiger partial charge in [-0.1, -0.05) is 18.2 Å². The first-order valence-corrected chi connectivity index (χ1v) is 9.81. The highest BCUT2D eigenvalue weighted by Gasteiger charge is 2.49. The van der Waals surface area contributed by atoms with Crippen molar-refractivity contribution in [1.82, 2.24) is 10.2 Å². The molecule has 2 aliphatic rings. The topological polar surface area (TPSA) is 78.5 Å². The fourth-order valence-electron chi connectivity index (χ4n) is 4.01. The molecule has 162 valence electrons. The number of hydrogen-bond donors (Lipinski definition) is 2. The molecular formula is C22H20F3N3O3. The Labute approximate surface area is 176 Å². The normalized spacial score (nSPS) is 20.6. The second kappa shape index (κ2) is 7.40. The molecule has 0 radical (unpaired) electrons. The van der Waals surface area contributed by atoms with Crippen molar-refractivity contribution in [2.75, 3.05) is 11.9 Å². The number of hydrogen-bond acceptors (Lipinski definition) is 3. The van der Waals surface area contributed by atoms with Crippen molar-refractivity contribution in [2.45, 2.75) is 37.9 Å². The molecule has 0 saturated carbocycles. The third-order valence-corrected chi connectivity index (χ3v) is 5.75. The predicted molar refractivity (Wildman–Crippen MR) is 106 cm³/mol. The SMILES string of the molecule is CC1(c2ccc3c(c2)CCC3)NC(=O)N(CC(=O)Nc2ccc(C(F)(F)F)cc2)C1=O. The van der Waals surface area contributed by atoms with Crippen molar-refractivity contribution in [2.24, 2.45) is 0 Å². The molecule has 2 aromatic rings. The Bertz CT molecular complexity index is 1070. The number of halogens is 3. The molecule has 31 heavy (non-hydrogen) atoms. The molecule has 1 saturated heterocycles. The molecular weight excluding hydrogens is 411 g/mol. The zero-order valence-corrected chi connectivity index (χ0v) is 16.7. The summed E-state index contributed by atoms with van der Waals surface area (Å²) in [5.41, 5.74) is 1.04. The Balaban J connectivity index is 1.46. The van der Waals surface area contributed by atoms with Crippen molar-refractivity contribution in [3.8, 4) is 0 Å². The maximum atomic E-state index is 13.0. The van der Waals surface area contributed by atoms with Gasteiger partial charge in [0.25, 0.3) is 5.91 Å². The maximum Gasteiger partial charge on any atom is 0.416 e. The van der Waals surface area contributed by atoms with Crippen LogP contribution in [0.5, 0.6) is 0 Å². The van der Waals surface area contributed by atoms with Crippen LogP contribution in [-0.4, -0.2) is 29.3 Å². The number of anilines is 1. The molecule has 1 heterocycles. The van der Waals surface area contributed by atoms with Crippen molar-refractivity contribution >= 4 is 23.5 Å². The number of aryl methyl sites for hydroxylation is 2. The molecule has 1 aliphatic heterocycles. The van der Waals surface area contributed by atoms with Gasteiger partial charge in [0.2, 0.25) is 5.91 Å². The number of imide groups is 1. The molecule has 0 spiro atoms. The van der Waals surface area contributed by atoms with Gasteiger partial charge >= 0.3 is 12.2 Å². The molecule has 2 aromatic carbocycles. The minimum atomic E-state index is -4.48. The van der Waals surface area contributed by atoms with Crippen LogP contribution in [0, 0.1) is 0 Å². The van der Waals surface area contributed by atoms with Gasteiger partial charge in [-0.15, -0.1) is 0 Å². The van der Waals surface area contributed by atoms with E-state index in [0.717, 1.165) is 54.0 Å². The van der Waals surface area contributed by atoms with E-state index in [2.05, 4.69) is 10.6 Å². The number of carbonyl (C=O) groups is 3. The van der Waals surface area contributed by atoms with Gasteiger partial charge in [0.15, 0.2) is 0 Å². The highest BCUT2D eigenvalue weighted by Crippen LogP contribution is 2.33. The quantitative estimate of drug-likeness (QED) is 0.727. The average Bonchev–Trinajstić information content (AvgIpc) is 3.26. The van der Waals surface area contributed by atoms with E-state index in [1.165, 1.54) is 5.56 Å². The minimum absolute atomic E-state index is 0.131. The van der Waals surface area contributed by atoms with Crippen LogP contribution in [0.2, 0.25) is 0 Å². The third-order valence-electron chi connectivity index (χ3n) is 5.75. The fraction of sp³-hybridized carbons (Fsp3) is 0.318. The van der Waals surface area contributed by atoms with E-state index in [0.29, 0.717) is 5.56 Å². The number of benzene rings is 2. The number of fused-ring (bicyclic) bond motifs is 1. The predicted octanol–water partition coefficient (Wildman–Crippen LogP) is 3.60. The molecule has 1 aliphatic carbocycles. The highest BCUT2D eigenvalue weighted by molar-refractivity contribution is 6.10. The Morgan fingerprint density at radius 1 is 1.10 bits per heavy atom. The molecule has 1 atom stereocenters. The molecule has 0 bridgehead atoms. The van der Waals surface area contributed by atoms with Gasteiger partial charge in [0.05, 0.1) is 5.56 Å². The van der Waals surface area contributed by atoms with E-state index in [1.54, 1.807) is 6.92 Å². The van der Waals surface area contributed by atoms with E-state index >= 15 is 0 Å². The van der Waals surface area contributed by atoms with Crippen molar-refractivity contribution < 1.29 is 27.6 Å². The first kappa shape index (κ1) is 20.9. The number of amides is 4. The largest absolute Gasteiger partial charge is 0.416 e. The summed E-state index contributed by atoms with van der Waals surface area (Å²) in [4.78, 5) is 38.6. The second-order valence-electron chi connectivity index (χ2n) is 7.91. The third kappa shape index (κ3) is 3.87. The molecule has 2 N–H and O–H groups in total. The summed E-state index contributed by atoms with van der Waals surface area (Å²) in [7, 11) is 0. The van der Waals surface area contributed by atoms with E-state index in [1.807, 2.05) is 18.2 Å². The van der Waals surface area contributed by atoms with Gasteiger partial charge in [-0.25, -0.2) is 4.79 Å². The van der Waals surface area contributed by atoms with Crippen LogP contribution in [0.15, 0.2) is 42.5 Å². The molecule has 0 aromatic heterocycles. The first-order chi connectivity index (χ1) is 14.6. The molecule has 6 nitrogen and oxygen atoms in total. The number of alkyl halides is 3. The molecule has 4 amide bonds. The Hall–Kier alpha value is -3.36. The van der Waals surface area contributed by atoms with Crippen LogP contribution >= 0.6 is 0 Å². The molecule has 1 unspecified atom stereocenters. The van der Waals surface area contributed by atoms with Crippen molar-refractivity contribution in [3.63, 3.8) is 0 Å². The van der Waals surface area contributed by atoms with E-state index in [9.17, 15) is 27.6 Å². The number of nitrogens with zero attached hydrogens (tertiary/aromatic N) is 1. The van der Waals surface area contributed by atoms with Gasteiger partial charge < -0.3 is 10.6 Å². The van der Waals surface area contributed by atoms with E-state index < -0.39 is 41.7 Å². The maximum absolute atomic E-state index is 13.0. The van der Waals surface area contributed by atoms with E-state index in [-0.39, 0.29) is 5.69 Å². The number of rotatable bonds is 4. The van der Waals surface area contributed by atoms with Gasteiger partial charge in [-0.05, 0) is 67.1 Å². The van der Waals surface area contributed by atoms with Crippen LogP contribution in [0.3, 0.4) is 0 Å². The lowest BCUT2D eigenvalue weighted by molar-refractivity contribution is -0.137. The fourth-order valence-corrected chi connectivity index (χ4v) is 4.01. The molecule has 4 rings (SSSR count). The zero-order chi connectivity index (χ0) is 22.4. The lowest BCUT2D eigenvalue weighted by atomic mass is 9.89. The summed E-state index contributed by atoms with van der Waals surface area (Å²) in [6.45, 7) is 1.05. The van der Waals surface area contributed by atoms with Gasteiger partial charge in [0, 0.05) is 5.69 Å². The number of nitrogens with one attached hydrogen (secondary N) is 2. The number of carbonyl (C=O) groups excluding carboxylic acids is 3. The van der Waals surface area contributed by atoms with Crippen LogP contribution in [0.1, 0.15) is 35.6 Å². The standard InChI is InChI=1S/C22H20F3N3O3/c1-21(16-6-5-13-3-2-4-14(13)11-16)19(30)28(20(31)27-21)12-18(29)26-17-9-7-15(8-10-17)22(23,24)25/h5-11H,2-4,12H2,1H3,(H,26,29)(H,27,31).